The second kappa shape index (κ2) is 24.7. The molecule has 0 atom stereocenters. The molecule has 0 unspecified atom stereocenters. The summed E-state index contributed by atoms with van der Waals surface area (Å²) in [6.07, 6.45) is 23.8. The monoisotopic (exact) mass is 292 g/mol. The van der Waals surface area contributed by atoms with E-state index in [1.807, 2.05) is 0 Å². The quantitative estimate of drug-likeness (QED) is 0.204. The first-order valence-electron chi connectivity index (χ1n) is 8.36. The number of rotatable bonds is 14. The Hall–Kier alpha value is 0.700. The molecule has 0 aliphatic carbocycles. The second-order valence-corrected chi connectivity index (χ2v) is 5.44. The molecule has 1 nitrogen and oxygen atoms in total. The molecular formula is C18H37NaO. The number of allylic oxidation sites excluding steroid dienone is 2. The Morgan fingerprint density at radius 1 is 0.650 bits per heavy atom. The van der Waals surface area contributed by atoms with Crippen LogP contribution in [0.4, 0.5) is 0 Å². The van der Waals surface area contributed by atoms with E-state index in [9.17, 15) is 0 Å². The van der Waals surface area contributed by atoms with Crippen LogP contribution in [0.3, 0.4) is 0 Å². The molecule has 0 saturated heterocycles. The van der Waals surface area contributed by atoms with Gasteiger partial charge in [-0.1, -0.05) is 76.9 Å². The van der Waals surface area contributed by atoms with E-state index in [2.05, 4.69) is 26.0 Å². The molecule has 0 rings (SSSR count). The summed E-state index contributed by atoms with van der Waals surface area (Å²) in [5.41, 5.74) is 0. The first-order chi connectivity index (χ1) is 8.91. The van der Waals surface area contributed by atoms with Crippen molar-refractivity contribution in [1.82, 2.24) is 0 Å². The summed E-state index contributed by atoms with van der Waals surface area (Å²) in [5, 5.41) is 0. The standard InChI is InChI=1S/C18H35.Na.H2O/c1-3-5-7-9-11-13-15-17-18-16-14-12-10-8-6-4-2;;/h17-18H,1,3-16H2,2H3;;1H2/q-1;+1;/b18-17-;;. The average Bonchev–Trinajstić information content (AvgIpc) is 2.39. The predicted molar refractivity (Wildman–Crippen MR) is 88.4 cm³/mol. The maximum atomic E-state index is 3.87. The minimum atomic E-state index is 0. The minimum absolute atomic E-state index is 0. The van der Waals surface area contributed by atoms with E-state index in [-0.39, 0.29) is 35.0 Å². The van der Waals surface area contributed by atoms with Crippen LogP contribution in [-0.4, -0.2) is 5.48 Å². The van der Waals surface area contributed by atoms with Gasteiger partial charge in [0.1, 0.15) is 0 Å². The fourth-order valence-corrected chi connectivity index (χ4v) is 2.25. The van der Waals surface area contributed by atoms with Gasteiger partial charge in [0.25, 0.3) is 0 Å². The van der Waals surface area contributed by atoms with Crippen LogP contribution in [0.5, 0.6) is 0 Å². The van der Waals surface area contributed by atoms with Crippen molar-refractivity contribution in [2.75, 3.05) is 0 Å². The minimum Gasteiger partial charge on any atom is -0.412 e. The van der Waals surface area contributed by atoms with Gasteiger partial charge in [-0.2, -0.15) is 6.42 Å². The predicted octanol–water partition coefficient (Wildman–Crippen LogP) is 3.04. The first kappa shape index (κ1) is 25.6. The van der Waals surface area contributed by atoms with Gasteiger partial charge in [0.2, 0.25) is 0 Å². The maximum Gasteiger partial charge on any atom is 1.00 e. The van der Waals surface area contributed by atoms with Crippen molar-refractivity contribution in [3.8, 4) is 0 Å². The fourth-order valence-electron chi connectivity index (χ4n) is 2.25. The normalized spacial score (nSPS) is 10.3. The zero-order chi connectivity index (χ0) is 13.3. The van der Waals surface area contributed by atoms with E-state index in [1.54, 1.807) is 0 Å². The summed E-state index contributed by atoms with van der Waals surface area (Å²) in [5.74, 6) is 0. The van der Waals surface area contributed by atoms with E-state index in [0.717, 1.165) is 6.42 Å². The molecule has 0 aliphatic heterocycles. The Balaban J connectivity index is -0.00000144. The van der Waals surface area contributed by atoms with E-state index in [1.165, 1.54) is 83.5 Å². The van der Waals surface area contributed by atoms with Crippen molar-refractivity contribution < 1.29 is 35.0 Å². The Morgan fingerprint density at radius 3 is 1.50 bits per heavy atom. The van der Waals surface area contributed by atoms with Crippen molar-refractivity contribution in [3.05, 3.63) is 19.1 Å². The summed E-state index contributed by atoms with van der Waals surface area (Å²) in [7, 11) is 0. The first-order valence-corrected chi connectivity index (χ1v) is 8.36. The number of unbranched alkanes of at least 4 members (excludes halogenated alkanes) is 12. The Labute approximate surface area is 150 Å². The van der Waals surface area contributed by atoms with Crippen LogP contribution in [0.1, 0.15) is 96.8 Å². The SMILES string of the molecule is O.[CH2-]CCCCCCC/C=C\CCCCCCCC.[Na+]. The van der Waals surface area contributed by atoms with Crippen LogP contribution in [0.2, 0.25) is 0 Å². The van der Waals surface area contributed by atoms with Gasteiger partial charge in [0, 0.05) is 0 Å². The second-order valence-electron chi connectivity index (χ2n) is 5.44. The smallest absolute Gasteiger partial charge is 0.412 e. The molecule has 0 spiro atoms. The molecule has 0 fully saturated rings. The Kier molecular flexibility index (Phi) is 31.7. The van der Waals surface area contributed by atoms with Gasteiger partial charge in [0.05, 0.1) is 0 Å². The summed E-state index contributed by atoms with van der Waals surface area (Å²) >= 11 is 0. The third-order valence-corrected chi connectivity index (χ3v) is 3.51. The molecule has 0 amide bonds. The molecule has 0 aromatic rings. The van der Waals surface area contributed by atoms with Gasteiger partial charge < -0.3 is 12.4 Å². The largest absolute Gasteiger partial charge is 1.00 e. The zero-order valence-electron chi connectivity index (χ0n) is 14.3. The van der Waals surface area contributed by atoms with Crippen LogP contribution in [-0.2, 0) is 0 Å². The zero-order valence-corrected chi connectivity index (χ0v) is 16.3. The molecule has 0 aliphatic rings. The van der Waals surface area contributed by atoms with Gasteiger partial charge in [-0.25, -0.2) is 0 Å². The van der Waals surface area contributed by atoms with E-state index < -0.39 is 0 Å². The van der Waals surface area contributed by atoms with Crippen molar-refractivity contribution in [2.45, 2.75) is 96.8 Å². The van der Waals surface area contributed by atoms with E-state index >= 15 is 0 Å². The Bertz CT molecular complexity index is 151. The fraction of sp³-hybridized carbons (Fsp3) is 0.833. The third kappa shape index (κ3) is 23.8. The number of hydrogen-bond donors (Lipinski definition) is 0. The average molecular weight is 292 g/mol. The van der Waals surface area contributed by atoms with Crippen molar-refractivity contribution >= 4 is 0 Å². The molecule has 0 saturated carbocycles. The van der Waals surface area contributed by atoms with Crippen molar-refractivity contribution in [2.24, 2.45) is 0 Å². The molecule has 0 heterocycles. The van der Waals surface area contributed by atoms with Crippen molar-refractivity contribution in [1.29, 1.82) is 0 Å². The van der Waals surface area contributed by atoms with Crippen molar-refractivity contribution in [3.63, 3.8) is 0 Å². The molecule has 2 heteroatoms. The van der Waals surface area contributed by atoms with Gasteiger partial charge in [0.15, 0.2) is 0 Å². The van der Waals surface area contributed by atoms with Crippen LogP contribution in [0.25, 0.3) is 0 Å². The van der Waals surface area contributed by atoms with Gasteiger partial charge in [-0.05, 0) is 25.7 Å². The molecule has 0 radical (unpaired) electrons. The molecule has 116 valence electrons. The molecule has 0 aromatic carbocycles. The molecule has 0 bridgehead atoms. The number of hydrogen-bond acceptors (Lipinski definition) is 0. The molecular weight excluding hydrogens is 255 g/mol. The van der Waals surface area contributed by atoms with Crippen LogP contribution < -0.4 is 29.6 Å². The van der Waals surface area contributed by atoms with Gasteiger partial charge >= 0.3 is 29.6 Å². The van der Waals surface area contributed by atoms with Gasteiger partial charge in [-0.3, -0.25) is 0 Å². The van der Waals surface area contributed by atoms with Crippen LogP contribution >= 0.6 is 0 Å². The maximum absolute atomic E-state index is 3.87. The topological polar surface area (TPSA) is 31.5 Å². The molecule has 0 aromatic heterocycles. The van der Waals surface area contributed by atoms with E-state index in [0.29, 0.717) is 0 Å². The molecule has 2 N–H and O–H groups in total. The summed E-state index contributed by atoms with van der Waals surface area (Å²) < 4.78 is 0. The third-order valence-electron chi connectivity index (χ3n) is 3.51. The summed E-state index contributed by atoms with van der Waals surface area (Å²) in [6, 6.07) is 0. The Morgan fingerprint density at radius 2 is 1.05 bits per heavy atom. The van der Waals surface area contributed by atoms with Gasteiger partial charge in [-0.15, -0.1) is 0 Å². The van der Waals surface area contributed by atoms with E-state index in [4.69, 9.17) is 0 Å². The van der Waals surface area contributed by atoms with Crippen LogP contribution in [0.15, 0.2) is 12.2 Å². The summed E-state index contributed by atoms with van der Waals surface area (Å²) in [6.45, 7) is 6.15. The summed E-state index contributed by atoms with van der Waals surface area (Å²) in [4.78, 5) is 0. The van der Waals surface area contributed by atoms with Crippen LogP contribution in [0, 0.1) is 6.92 Å². The molecule has 20 heavy (non-hydrogen) atoms.